The van der Waals surface area contributed by atoms with Gasteiger partial charge >= 0.3 is 6.18 Å². The number of carbonyl (C=O) groups is 1. The van der Waals surface area contributed by atoms with Crippen LogP contribution in [0, 0.1) is 28.5 Å². The first kappa shape index (κ1) is 30.7. The van der Waals surface area contributed by atoms with Crippen LogP contribution in [0.15, 0.2) is 42.5 Å². The third-order valence-electron chi connectivity index (χ3n) is 7.19. The van der Waals surface area contributed by atoms with Gasteiger partial charge in [0.1, 0.15) is 23.4 Å². The van der Waals surface area contributed by atoms with E-state index >= 15 is 0 Å². The maximum Gasteiger partial charge on any atom is 0.419 e. The van der Waals surface area contributed by atoms with Crippen molar-refractivity contribution in [1.29, 1.82) is 10.5 Å². The Labute approximate surface area is 240 Å². The Kier molecular flexibility index (Phi) is 8.73. The molecule has 1 saturated carbocycles. The molecule has 1 aromatic heterocycles. The van der Waals surface area contributed by atoms with E-state index in [2.05, 4.69) is 6.07 Å². The van der Waals surface area contributed by atoms with Crippen molar-refractivity contribution < 1.29 is 30.8 Å². The van der Waals surface area contributed by atoms with Crippen LogP contribution < -0.4 is 0 Å². The Morgan fingerprint density at radius 1 is 1.14 bits per heavy atom. The molecule has 1 atom stereocenters. The van der Waals surface area contributed by atoms with Crippen LogP contribution in [-0.2, 0) is 27.2 Å². The molecule has 13 heteroatoms. The van der Waals surface area contributed by atoms with Gasteiger partial charge in [0, 0.05) is 23.9 Å². The van der Waals surface area contributed by atoms with Gasteiger partial charge in [-0.1, -0.05) is 13.0 Å². The lowest BCUT2D eigenvalue weighted by molar-refractivity contribution is -0.140. The zero-order chi connectivity index (χ0) is 30.8. The van der Waals surface area contributed by atoms with Crippen LogP contribution >= 0.6 is 0 Å². The number of amides is 1. The predicted octanol–water partition coefficient (Wildman–Crippen LogP) is 5.22. The molecule has 220 valence electrons. The van der Waals surface area contributed by atoms with Gasteiger partial charge in [-0.3, -0.25) is 9.36 Å². The van der Waals surface area contributed by atoms with Crippen molar-refractivity contribution in [2.75, 3.05) is 18.1 Å². The van der Waals surface area contributed by atoms with E-state index in [1.165, 1.54) is 11.8 Å². The number of hydrogen-bond donors (Lipinski definition) is 0. The Balaban J connectivity index is 1.76. The summed E-state index contributed by atoms with van der Waals surface area (Å²) in [6.45, 7) is 2.82. The van der Waals surface area contributed by atoms with Gasteiger partial charge in [0.15, 0.2) is 9.84 Å². The highest BCUT2D eigenvalue weighted by Gasteiger charge is 2.36. The van der Waals surface area contributed by atoms with E-state index in [9.17, 15) is 41.3 Å². The first-order chi connectivity index (χ1) is 19.8. The van der Waals surface area contributed by atoms with E-state index in [4.69, 9.17) is 4.98 Å². The number of nitrogens with zero attached hydrogens (tertiary/aromatic N) is 5. The molecule has 0 spiro atoms. The SMILES string of the molecule is CCS(=O)(=O)CCN(C(=O)Cc1ccc(C(F)(F)F)c(F)c1)[C@H](C)c1nc(C2CC2)c(C#N)n1-c1ccc(C#N)cc1. The topological polar surface area (TPSA) is 120 Å². The van der Waals surface area contributed by atoms with Crippen molar-refractivity contribution in [2.24, 2.45) is 0 Å². The van der Waals surface area contributed by atoms with Crippen LogP contribution in [0.3, 0.4) is 0 Å². The maximum absolute atomic E-state index is 14.2. The first-order valence-corrected chi connectivity index (χ1v) is 15.0. The number of imidazole rings is 1. The lowest BCUT2D eigenvalue weighted by atomic mass is 10.1. The summed E-state index contributed by atoms with van der Waals surface area (Å²) in [5.41, 5.74) is 0.210. The second kappa shape index (κ2) is 11.9. The van der Waals surface area contributed by atoms with Crippen LogP contribution in [0.1, 0.15) is 72.6 Å². The summed E-state index contributed by atoms with van der Waals surface area (Å²) in [5, 5.41) is 19.3. The van der Waals surface area contributed by atoms with Gasteiger partial charge in [-0.15, -0.1) is 0 Å². The van der Waals surface area contributed by atoms with Crippen molar-refractivity contribution in [1.82, 2.24) is 14.5 Å². The number of sulfone groups is 1. The van der Waals surface area contributed by atoms with Crippen LogP contribution in [0.5, 0.6) is 0 Å². The number of benzene rings is 2. The summed E-state index contributed by atoms with van der Waals surface area (Å²) in [4.78, 5) is 19.6. The highest BCUT2D eigenvalue weighted by Crippen LogP contribution is 2.43. The summed E-state index contributed by atoms with van der Waals surface area (Å²) >= 11 is 0. The van der Waals surface area contributed by atoms with E-state index in [0.717, 1.165) is 18.9 Å². The van der Waals surface area contributed by atoms with Gasteiger partial charge in [-0.2, -0.15) is 23.7 Å². The van der Waals surface area contributed by atoms with Crippen LogP contribution in [0.25, 0.3) is 5.69 Å². The molecule has 1 heterocycles. The molecule has 2 aromatic carbocycles. The minimum atomic E-state index is -4.90. The molecule has 4 rings (SSSR count). The van der Waals surface area contributed by atoms with Crippen LogP contribution in [0.4, 0.5) is 17.6 Å². The Hall–Kier alpha value is -4.23. The average molecular weight is 602 g/mol. The fraction of sp³-hybridized carbons (Fsp3) is 0.379. The van der Waals surface area contributed by atoms with Gasteiger partial charge in [0.25, 0.3) is 0 Å². The molecule has 0 saturated heterocycles. The number of rotatable bonds is 10. The fourth-order valence-electron chi connectivity index (χ4n) is 4.66. The summed E-state index contributed by atoms with van der Waals surface area (Å²) in [6.07, 6.45) is -3.75. The molecule has 0 radical (unpaired) electrons. The number of halogens is 4. The predicted molar refractivity (Wildman–Crippen MR) is 145 cm³/mol. The number of aromatic nitrogens is 2. The molecule has 42 heavy (non-hydrogen) atoms. The van der Waals surface area contributed by atoms with E-state index in [1.807, 2.05) is 6.07 Å². The van der Waals surface area contributed by atoms with Gasteiger partial charge in [-0.25, -0.2) is 17.8 Å². The zero-order valence-corrected chi connectivity index (χ0v) is 23.6. The molecule has 0 bridgehead atoms. The molecule has 0 N–H and O–H groups in total. The summed E-state index contributed by atoms with van der Waals surface area (Å²) < 4.78 is 79.7. The Morgan fingerprint density at radius 2 is 1.81 bits per heavy atom. The standard InChI is InChI=1S/C29H27F4N5O3S/c1-3-42(40,41)13-12-37(26(39)15-20-6-11-23(24(30)14-20)29(31,32)33)18(2)28-36-27(21-7-8-21)25(17-35)38(28)22-9-4-19(16-34)5-10-22/h4-6,9-11,14,18,21H,3,7-8,12-13,15H2,1-2H3/t18-/m1/s1. The molecule has 0 unspecified atom stereocenters. The Morgan fingerprint density at radius 3 is 2.33 bits per heavy atom. The normalized spacial score (nSPS) is 14.2. The maximum atomic E-state index is 14.2. The third kappa shape index (κ3) is 6.63. The van der Waals surface area contributed by atoms with Gasteiger partial charge in [0.05, 0.1) is 41.1 Å². The molecule has 1 fully saturated rings. The molecular formula is C29H27F4N5O3S. The number of nitriles is 2. The highest BCUT2D eigenvalue weighted by atomic mass is 32.2. The smallest absolute Gasteiger partial charge is 0.331 e. The second-order valence-electron chi connectivity index (χ2n) is 10.1. The lowest BCUT2D eigenvalue weighted by Gasteiger charge is -2.29. The molecule has 0 aliphatic heterocycles. The lowest BCUT2D eigenvalue weighted by Crippen LogP contribution is -2.39. The molecule has 1 aliphatic rings. The fourth-order valence-corrected chi connectivity index (χ4v) is 5.42. The zero-order valence-electron chi connectivity index (χ0n) is 22.8. The third-order valence-corrected chi connectivity index (χ3v) is 8.88. The van der Waals surface area contributed by atoms with Crippen molar-refractivity contribution in [3.05, 3.63) is 82.2 Å². The van der Waals surface area contributed by atoms with Crippen molar-refractivity contribution in [3.8, 4) is 17.8 Å². The largest absolute Gasteiger partial charge is 0.419 e. The first-order valence-electron chi connectivity index (χ1n) is 13.2. The highest BCUT2D eigenvalue weighted by molar-refractivity contribution is 7.91. The average Bonchev–Trinajstić information content (AvgIpc) is 3.71. The van der Waals surface area contributed by atoms with E-state index in [1.54, 1.807) is 35.8 Å². The quantitative estimate of drug-likeness (QED) is 0.294. The van der Waals surface area contributed by atoms with E-state index in [-0.39, 0.29) is 41.1 Å². The minimum absolute atomic E-state index is 0.0205. The van der Waals surface area contributed by atoms with Crippen LogP contribution in [-0.4, -0.2) is 46.8 Å². The van der Waals surface area contributed by atoms with Gasteiger partial charge < -0.3 is 4.90 Å². The second-order valence-corrected chi connectivity index (χ2v) is 12.5. The van der Waals surface area contributed by atoms with E-state index < -0.39 is 45.8 Å². The van der Waals surface area contributed by atoms with Crippen LogP contribution in [0.2, 0.25) is 0 Å². The molecule has 8 nitrogen and oxygen atoms in total. The minimum Gasteiger partial charge on any atom is -0.331 e. The van der Waals surface area contributed by atoms with Crippen molar-refractivity contribution >= 4 is 15.7 Å². The number of carbonyl (C=O) groups excluding carboxylic acids is 1. The van der Waals surface area contributed by atoms with Gasteiger partial charge in [-0.05, 0) is 61.7 Å². The molecular weight excluding hydrogens is 574 g/mol. The van der Waals surface area contributed by atoms with Crippen molar-refractivity contribution in [2.45, 2.75) is 51.2 Å². The molecule has 1 amide bonds. The van der Waals surface area contributed by atoms with Gasteiger partial charge in [0.2, 0.25) is 5.91 Å². The number of alkyl halides is 3. The molecule has 1 aliphatic carbocycles. The summed E-state index contributed by atoms with van der Waals surface area (Å²) in [6, 6.07) is 11.9. The number of hydrogen-bond acceptors (Lipinski definition) is 6. The molecule has 3 aromatic rings. The Bertz CT molecular complexity index is 1680. The van der Waals surface area contributed by atoms with E-state index in [0.29, 0.717) is 29.1 Å². The summed E-state index contributed by atoms with van der Waals surface area (Å²) in [7, 11) is -3.54. The van der Waals surface area contributed by atoms with Crippen molar-refractivity contribution in [3.63, 3.8) is 0 Å². The monoisotopic (exact) mass is 601 g/mol. The summed E-state index contributed by atoms with van der Waals surface area (Å²) in [5.74, 6) is -2.42.